The molecule has 0 amide bonds. The van der Waals surface area contributed by atoms with Gasteiger partial charge in [0.05, 0.1) is 4.92 Å². The van der Waals surface area contributed by atoms with E-state index in [9.17, 15) is 10.1 Å². The normalized spacial score (nSPS) is 10.8. The molecular weight excluding hydrogens is 402 g/mol. The Morgan fingerprint density at radius 1 is 1.00 bits per heavy atom. The molecule has 138 valence electrons. The summed E-state index contributed by atoms with van der Waals surface area (Å²) in [5, 5.41) is 20.7. The van der Waals surface area contributed by atoms with E-state index < -0.39 is 4.92 Å². The van der Waals surface area contributed by atoms with Crippen LogP contribution in [-0.2, 0) is 0 Å². The van der Waals surface area contributed by atoms with Crippen molar-refractivity contribution < 1.29 is 4.92 Å². The number of nitro groups is 1. The fourth-order valence-corrected chi connectivity index (χ4v) is 3.25. The highest BCUT2D eigenvalue weighted by Gasteiger charge is 2.18. The van der Waals surface area contributed by atoms with Crippen LogP contribution >= 0.6 is 23.4 Å². The molecule has 0 radical (unpaired) electrons. The smallest absolute Gasteiger partial charge is 0.270 e. The fraction of sp³-hybridized carbons (Fsp3) is 0. The molecule has 0 spiro atoms. The Balaban J connectivity index is 1.77. The predicted octanol–water partition coefficient (Wildman–Crippen LogP) is 3.83. The summed E-state index contributed by atoms with van der Waals surface area (Å²) in [6.07, 6.45) is 5.65. The Labute approximate surface area is 167 Å². The molecule has 0 N–H and O–H groups in total. The lowest BCUT2D eigenvalue weighted by Crippen LogP contribution is -2.00. The van der Waals surface area contributed by atoms with Gasteiger partial charge in [-0.15, -0.1) is 10.2 Å². The van der Waals surface area contributed by atoms with Crippen molar-refractivity contribution in [2.45, 2.75) is 10.3 Å². The monoisotopic (exact) mass is 411 g/mol. The minimum Gasteiger partial charge on any atom is -0.270 e. The summed E-state index contributed by atoms with van der Waals surface area (Å²) in [5.74, 6) is 0.606. The largest absolute Gasteiger partial charge is 0.305 e. The van der Waals surface area contributed by atoms with Crippen LogP contribution in [-0.4, -0.2) is 34.6 Å². The summed E-state index contributed by atoms with van der Waals surface area (Å²) in [5.41, 5.74) is 1.44. The molecule has 0 bridgehead atoms. The first-order valence-electron chi connectivity index (χ1n) is 7.88. The van der Waals surface area contributed by atoms with Crippen LogP contribution in [0.4, 0.5) is 5.69 Å². The van der Waals surface area contributed by atoms with Gasteiger partial charge in [0.1, 0.15) is 12.4 Å². The van der Waals surface area contributed by atoms with E-state index in [-0.39, 0.29) is 5.69 Å². The van der Waals surface area contributed by atoms with Gasteiger partial charge in [0.2, 0.25) is 5.16 Å². The van der Waals surface area contributed by atoms with E-state index in [2.05, 4.69) is 25.1 Å². The highest BCUT2D eigenvalue weighted by atomic mass is 35.5. The molecule has 9 nitrogen and oxygen atoms in total. The van der Waals surface area contributed by atoms with Gasteiger partial charge in [-0.1, -0.05) is 11.6 Å². The molecule has 0 aliphatic carbocycles. The summed E-state index contributed by atoms with van der Waals surface area (Å²) in [4.78, 5) is 22.3. The first kappa shape index (κ1) is 18.0. The first-order chi connectivity index (χ1) is 13.6. The molecule has 0 saturated carbocycles. The van der Waals surface area contributed by atoms with Crippen molar-refractivity contribution in [2.75, 3.05) is 0 Å². The first-order valence-corrected chi connectivity index (χ1v) is 9.07. The van der Waals surface area contributed by atoms with Gasteiger partial charge in [-0.25, -0.2) is 9.97 Å². The Bertz CT molecular complexity index is 1120. The van der Waals surface area contributed by atoms with E-state index in [0.717, 1.165) is 35.4 Å². The van der Waals surface area contributed by atoms with Gasteiger partial charge in [-0.3, -0.25) is 19.7 Å². The lowest BCUT2D eigenvalue weighted by Gasteiger charge is -2.10. The van der Waals surface area contributed by atoms with E-state index in [1.54, 1.807) is 24.5 Å². The van der Waals surface area contributed by atoms with Crippen molar-refractivity contribution in [1.82, 2.24) is 29.7 Å². The SMILES string of the molecule is O=[N+]([O-])c1cnc(Sc2nnc(-c3ccncc3)n2-c2ccc(Cl)cc2)nc1. The van der Waals surface area contributed by atoms with Crippen LogP contribution in [0.15, 0.2) is 71.5 Å². The lowest BCUT2D eigenvalue weighted by atomic mass is 10.2. The maximum Gasteiger partial charge on any atom is 0.305 e. The minimum absolute atomic E-state index is 0.180. The Hall–Kier alpha value is -3.37. The van der Waals surface area contributed by atoms with Gasteiger partial charge in [0.25, 0.3) is 0 Å². The third kappa shape index (κ3) is 3.68. The molecule has 28 heavy (non-hydrogen) atoms. The number of rotatable bonds is 5. The van der Waals surface area contributed by atoms with Crippen molar-refractivity contribution >= 4 is 29.1 Å². The van der Waals surface area contributed by atoms with E-state index in [1.165, 1.54) is 0 Å². The molecule has 0 fully saturated rings. The number of aromatic nitrogens is 6. The Morgan fingerprint density at radius 2 is 1.68 bits per heavy atom. The van der Waals surface area contributed by atoms with Crippen LogP contribution < -0.4 is 0 Å². The third-order valence-electron chi connectivity index (χ3n) is 3.66. The topological polar surface area (TPSA) is 113 Å². The van der Waals surface area contributed by atoms with Crippen LogP contribution in [0, 0.1) is 10.1 Å². The summed E-state index contributed by atoms with van der Waals surface area (Å²) in [6.45, 7) is 0. The Kier molecular flexibility index (Phi) is 4.96. The number of benzene rings is 1. The molecule has 4 rings (SSSR count). The molecule has 0 saturated heterocycles. The van der Waals surface area contributed by atoms with Crippen LogP contribution in [0.25, 0.3) is 17.1 Å². The van der Waals surface area contributed by atoms with Crippen molar-refractivity contribution in [3.63, 3.8) is 0 Å². The van der Waals surface area contributed by atoms with Crippen LogP contribution in [0.5, 0.6) is 0 Å². The quantitative estimate of drug-likeness (QED) is 0.276. The highest BCUT2D eigenvalue weighted by Crippen LogP contribution is 2.31. The average Bonchev–Trinajstić information content (AvgIpc) is 3.13. The molecule has 3 aromatic heterocycles. The van der Waals surface area contributed by atoms with Gasteiger partial charge >= 0.3 is 5.69 Å². The van der Waals surface area contributed by atoms with Gasteiger partial charge in [-0.2, -0.15) is 0 Å². The average molecular weight is 412 g/mol. The molecule has 1 aromatic carbocycles. The summed E-state index contributed by atoms with van der Waals surface area (Å²) < 4.78 is 1.83. The number of hydrogen-bond acceptors (Lipinski definition) is 8. The summed E-state index contributed by atoms with van der Waals surface area (Å²) in [6, 6.07) is 10.9. The van der Waals surface area contributed by atoms with Crippen molar-refractivity contribution in [3.05, 3.63) is 76.3 Å². The summed E-state index contributed by atoms with van der Waals surface area (Å²) in [7, 11) is 0. The zero-order valence-electron chi connectivity index (χ0n) is 14.0. The molecule has 0 atom stereocenters. The van der Waals surface area contributed by atoms with Gasteiger partial charge in [0.15, 0.2) is 11.0 Å². The Morgan fingerprint density at radius 3 is 2.32 bits per heavy atom. The predicted molar refractivity (Wildman–Crippen MR) is 102 cm³/mol. The van der Waals surface area contributed by atoms with Crippen LogP contribution in [0.1, 0.15) is 0 Å². The second-order valence-corrected chi connectivity index (χ2v) is 6.81. The van der Waals surface area contributed by atoms with E-state index in [0.29, 0.717) is 21.2 Å². The summed E-state index contributed by atoms with van der Waals surface area (Å²) >= 11 is 7.16. The molecule has 4 aromatic rings. The zero-order valence-corrected chi connectivity index (χ0v) is 15.6. The van der Waals surface area contributed by atoms with E-state index in [4.69, 9.17) is 11.6 Å². The number of halogens is 1. The standard InChI is InChI=1S/C17H10ClN7O2S/c18-12-1-3-13(4-2-12)24-15(11-5-7-19-8-6-11)22-23-17(24)28-16-20-9-14(10-21-16)25(26)27/h1-10H. The van der Waals surface area contributed by atoms with Gasteiger partial charge < -0.3 is 0 Å². The van der Waals surface area contributed by atoms with E-state index in [1.807, 2.05) is 28.8 Å². The third-order valence-corrected chi connectivity index (χ3v) is 4.76. The second kappa shape index (κ2) is 7.71. The molecule has 0 unspecified atom stereocenters. The minimum atomic E-state index is -0.549. The number of hydrogen-bond donors (Lipinski definition) is 0. The second-order valence-electron chi connectivity index (χ2n) is 5.44. The molecule has 11 heteroatoms. The molecular formula is C17H10ClN7O2S. The van der Waals surface area contributed by atoms with Crippen molar-refractivity contribution in [1.29, 1.82) is 0 Å². The number of pyridine rings is 1. The van der Waals surface area contributed by atoms with Gasteiger partial charge in [-0.05, 0) is 48.2 Å². The van der Waals surface area contributed by atoms with Gasteiger partial charge in [0, 0.05) is 28.7 Å². The maximum absolute atomic E-state index is 10.8. The fourth-order valence-electron chi connectivity index (χ4n) is 2.38. The van der Waals surface area contributed by atoms with Crippen LogP contribution in [0.2, 0.25) is 5.02 Å². The van der Waals surface area contributed by atoms with Crippen LogP contribution in [0.3, 0.4) is 0 Å². The zero-order chi connectivity index (χ0) is 19.5. The molecule has 0 aliphatic heterocycles. The lowest BCUT2D eigenvalue weighted by molar-refractivity contribution is -0.385. The number of nitrogens with zero attached hydrogens (tertiary/aromatic N) is 7. The maximum atomic E-state index is 10.8. The van der Waals surface area contributed by atoms with E-state index >= 15 is 0 Å². The highest BCUT2D eigenvalue weighted by molar-refractivity contribution is 7.99. The molecule has 0 aliphatic rings. The van der Waals surface area contributed by atoms with Crippen molar-refractivity contribution in [3.8, 4) is 17.1 Å². The molecule has 3 heterocycles. The van der Waals surface area contributed by atoms with Crippen molar-refractivity contribution in [2.24, 2.45) is 0 Å².